The van der Waals surface area contributed by atoms with Crippen molar-refractivity contribution in [3.05, 3.63) is 84.6 Å². The van der Waals surface area contributed by atoms with E-state index in [-0.39, 0.29) is 12.1 Å². The van der Waals surface area contributed by atoms with Gasteiger partial charge in [0.2, 0.25) is 0 Å². The summed E-state index contributed by atoms with van der Waals surface area (Å²) in [6, 6.07) is 0. The lowest BCUT2D eigenvalue weighted by Gasteiger charge is -2.58. The summed E-state index contributed by atoms with van der Waals surface area (Å²) in [5.41, 5.74) is 2.48. The number of esters is 1. The van der Waals surface area contributed by atoms with Crippen LogP contribution in [0.3, 0.4) is 0 Å². The average Bonchev–Trinajstić information content (AvgIpc) is 3.49. The van der Waals surface area contributed by atoms with E-state index in [0.29, 0.717) is 17.3 Å². The van der Waals surface area contributed by atoms with Crippen LogP contribution in [0.15, 0.2) is 84.6 Å². The Labute approximate surface area is 327 Å². The topological polar surface area (TPSA) is 26.3 Å². The van der Waals surface area contributed by atoms with Crippen LogP contribution in [0, 0.1) is 46.3 Å². The molecule has 0 aliphatic heterocycles. The molecular formula is C51H80O2. The molecule has 0 heterocycles. The summed E-state index contributed by atoms with van der Waals surface area (Å²) < 4.78 is 6.12. The number of unbranched alkanes of at least 4 members (excludes halogenated alkanes) is 2. The molecule has 4 aliphatic rings. The molecule has 3 fully saturated rings. The summed E-state index contributed by atoms with van der Waals surface area (Å²) in [6.07, 6.45) is 53.7. The smallest absolute Gasteiger partial charge is 0.306 e. The molecule has 0 saturated heterocycles. The molecule has 0 aromatic carbocycles. The van der Waals surface area contributed by atoms with E-state index in [1.54, 1.807) is 5.57 Å². The zero-order valence-corrected chi connectivity index (χ0v) is 35.2. The Hall–Kier alpha value is -2.35. The molecule has 0 spiro atoms. The predicted molar refractivity (Wildman–Crippen MR) is 230 cm³/mol. The van der Waals surface area contributed by atoms with Gasteiger partial charge < -0.3 is 4.74 Å². The maximum Gasteiger partial charge on any atom is 0.306 e. The summed E-state index contributed by atoms with van der Waals surface area (Å²) in [4.78, 5) is 12.8. The summed E-state index contributed by atoms with van der Waals surface area (Å²) in [5, 5.41) is 0. The Morgan fingerprint density at radius 3 is 1.98 bits per heavy atom. The molecule has 0 bridgehead atoms. The summed E-state index contributed by atoms with van der Waals surface area (Å²) in [6.45, 7) is 14.8. The molecule has 8 atom stereocenters. The second kappa shape index (κ2) is 22.9. The number of allylic oxidation sites excluding steroid dienone is 13. The lowest BCUT2D eigenvalue weighted by molar-refractivity contribution is -0.151. The largest absolute Gasteiger partial charge is 0.462 e. The minimum atomic E-state index is 0.0172. The number of ether oxygens (including phenoxy) is 1. The van der Waals surface area contributed by atoms with Crippen molar-refractivity contribution in [3.63, 3.8) is 0 Å². The number of hydrogen-bond acceptors (Lipinski definition) is 2. The number of carbonyl (C=O) groups excluding carboxylic acids is 1. The Balaban J connectivity index is 1.07. The first-order valence-electron chi connectivity index (χ1n) is 22.5. The van der Waals surface area contributed by atoms with Crippen molar-refractivity contribution >= 4 is 5.97 Å². The highest BCUT2D eigenvalue weighted by Crippen LogP contribution is 2.67. The third-order valence-electron chi connectivity index (χ3n) is 14.2. The molecule has 0 aromatic rings. The van der Waals surface area contributed by atoms with Gasteiger partial charge in [-0.15, -0.1) is 0 Å². The molecule has 0 amide bonds. The third kappa shape index (κ3) is 13.1. The SMILES string of the molecule is CC/C=C\C/C=C\C/C=C\C/C=C\C/C=C\C/C=C\CCCCC(=O)OC1CCC2(C)C(=CCC3C2CCC2(C)C(C(C)CCCC(C)C)CCC32)C1. The van der Waals surface area contributed by atoms with Gasteiger partial charge in [0, 0.05) is 12.8 Å². The Kier molecular flexibility index (Phi) is 18.7. The lowest BCUT2D eigenvalue weighted by atomic mass is 9.47. The van der Waals surface area contributed by atoms with E-state index in [0.717, 1.165) is 106 Å². The van der Waals surface area contributed by atoms with Gasteiger partial charge in [0.1, 0.15) is 6.10 Å². The zero-order valence-electron chi connectivity index (χ0n) is 35.2. The standard InChI is InChI=1S/C51H80O2/c1-7-8-9-10-11-12-13-14-15-16-17-18-19-20-21-22-23-24-25-26-27-31-49(52)53-44-36-38-50(5)43(40-44)32-33-45-47-35-34-46(42(4)30-28-29-41(2)3)51(47,6)39-37-48(45)50/h8-9,11-12,14-15,17-18,20-21,23-24,32,41-42,44-48H,7,10,13,16,19,22,25-31,33-40H2,1-6H3/b9-8-,12-11-,15-14-,18-17-,21-20-,24-23-. The van der Waals surface area contributed by atoms with Crippen LogP contribution in [0.5, 0.6) is 0 Å². The van der Waals surface area contributed by atoms with Gasteiger partial charge in [0.05, 0.1) is 0 Å². The monoisotopic (exact) mass is 725 g/mol. The summed E-state index contributed by atoms with van der Waals surface area (Å²) in [5.74, 6) is 5.21. The van der Waals surface area contributed by atoms with Crippen molar-refractivity contribution in [1.29, 1.82) is 0 Å². The molecule has 4 aliphatic carbocycles. The molecule has 2 nitrogen and oxygen atoms in total. The van der Waals surface area contributed by atoms with Gasteiger partial charge in [-0.1, -0.05) is 145 Å². The van der Waals surface area contributed by atoms with Gasteiger partial charge in [-0.3, -0.25) is 4.79 Å². The van der Waals surface area contributed by atoms with E-state index in [1.807, 2.05) is 0 Å². The Morgan fingerprint density at radius 2 is 1.36 bits per heavy atom. The minimum Gasteiger partial charge on any atom is -0.462 e. The van der Waals surface area contributed by atoms with E-state index in [9.17, 15) is 4.79 Å². The number of fused-ring (bicyclic) bond motifs is 5. The highest BCUT2D eigenvalue weighted by molar-refractivity contribution is 5.69. The molecule has 296 valence electrons. The molecule has 0 N–H and O–H groups in total. The summed E-state index contributed by atoms with van der Waals surface area (Å²) >= 11 is 0. The van der Waals surface area contributed by atoms with Crippen LogP contribution < -0.4 is 0 Å². The quantitative estimate of drug-likeness (QED) is 0.0631. The van der Waals surface area contributed by atoms with E-state index >= 15 is 0 Å². The number of rotatable bonds is 22. The van der Waals surface area contributed by atoms with E-state index in [4.69, 9.17) is 4.74 Å². The van der Waals surface area contributed by atoms with Crippen molar-refractivity contribution in [2.75, 3.05) is 0 Å². The van der Waals surface area contributed by atoms with Gasteiger partial charge in [0.25, 0.3) is 0 Å². The fourth-order valence-corrected chi connectivity index (χ4v) is 11.2. The van der Waals surface area contributed by atoms with Crippen molar-refractivity contribution in [2.24, 2.45) is 46.3 Å². The van der Waals surface area contributed by atoms with Crippen molar-refractivity contribution in [1.82, 2.24) is 0 Å². The van der Waals surface area contributed by atoms with E-state index in [2.05, 4.69) is 121 Å². The molecule has 2 heteroatoms. The van der Waals surface area contributed by atoms with Crippen LogP contribution in [-0.4, -0.2) is 12.1 Å². The van der Waals surface area contributed by atoms with Gasteiger partial charge in [-0.05, 0) is 149 Å². The van der Waals surface area contributed by atoms with Crippen LogP contribution in [-0.2, 0) is 9.53 Å². The van der Waals surface area contributed by atoms with Crippen LogP contribution in [0.25, 0.3) is 0 Å². The molecule has 8 unspecified atom stereocenters. The van der Waals surface area contributed by atoms with Gasteiger partial charge >= 0.3 is 5.97 Å². The Bertz CT molecular complexity index is 1290. The maximum atomic E-state index is 12.8. The minimum absolute atomic E-state index is 0.0172. The molecule has 3 saturated carbocycles. The van der Waals surface area contributed by atoms with E-state index < -0.39 is 0 Å². The highest BCUT2D eigenvalue weighted by atomic mass is 16.5. The highest BCUT2D eigenvalue weighted by Gasteiger charge is 2.59. The zero-order chi connectivity index (χ0) is 37.9. The fourth-order valence-electron chi connectivity index (χ4n) is 11.2. The third-order valence-corrected chi connectivity index (χ3v) is 14.2. The van der Waals surface area contributed by atoms with Crippen LogP contribution in [0.4, 0.5) is 0 Å². The predicted octanol–water partition coefficient (Wildman–Crippen LogP) is 15.2. The van der Waals surface area contributed by atoms with Gasteiger partial charge in [-0.2, -0.15) is 0 Å². The van der Waals surface area contributed by atoms with Crippen molar-refractivity contribution < 1.29 is 9.53 Å². The molecular weight excluding hydrogens is 645 g/mol. The molecule has 0 aromatic heterocycles. The first kappa shape index (κ1) is 43.4. The Morgan fingerprint density at radius 1 is 0.736 bits per heavy atom. The second-order valence-corrected chi connectivity index (χ2v) is 18.3. The van der Waals surface area contributed by atoms with Gasteiger partial charge in [-0.25, -0.2) is 0 Å². The summed E-state index contributed by atoms with van der Waals surface area (Å²) in [7, 11) is 0. The number of carbonyl (C=O) groups is 1. The second-order valence-electron chi connectivity index (χ2n) is 18.3. The van der Waals surface area contributed by atoms with Crippen LogP contribution in [0.2, 0.25) is 0 Å². The molecule has 4 rings (SSSR count). The van der Waals surface area contributed by atoms with Crippen LogP contribution >= 0.6 is 0 Å². The lowest BCUT2D eigenvalue weighted by Crippen LogP contribution is -2.51. The molecule has 0 radical (unpaired) electrons. The van der Waals surface area contributed by atoms with Crippen molar-refractivity contribution in [2.45, 2.75) is 182 Å². The number of hydrogen-bond donors (Lipinski definition) is 0. The van der Waals surface area contributed by atoms with E-state index in [1.165, 1.54) is 57.8 Å². The molecule has 53 heavy (non-hydrogen) atoms. The fraction of sp³-hybridized carbons (Fsp3) is 0.706. The first-order chi connectivity index (χ1) is 25.7. The maximum absolute atomic E-state index is 12.8. The normalized spacial score (nSPS) is 31.0. The average molecular weight is 725 g/mol. The van der Waals surface area contributed by atoms with Crippen molar-refractivity contribution in [3.8, 4) is 0 Å². The first-order valence-corrected chi connectivity index (χ1v) is 22.5. The van der Waals surface area contributed by atoms with Crippen LogP contribution in [0.1, 0.15) is 176 Å². The van der Waals surface area contributed by atoms with Gasteiger partial charge in [0.15, 0.2) is 0 Å².